The highest BCUT2D eigenvalue weighted by Crippen LogP contribution is 2.34. The second-order valence-electron chi connectivity index (χ2n) is 6.04. The Bertz CT molecular complexity index is 1060. The van der Waals surface area contributed by atoms with Crippen LogP contribution >= 0.6 is 0 Å². The number of hydrogen-bond acceptors (Lipinski definition) is 4. The summed E-state index contributed by atoms with van der Waals surface area (Å²) in [6, 6.07) is 8.42. The minimum Gasteiger partial charge on any atom is -0.506 e. The van der Waals surface area contributed by atoms with Gasteiger partial charge in [-0.1, -0.05) is 31.5 Å². The first-order valence-corrected chi connectivity index (χ1v) is 8.07. The van der Waals surface area contributed by atoms with Crippen molar-refractivity contribution < 1.29 is 27.5 Å². The van der Waals surface area contributed by atoms with E-state index >= 15 is 0 Å². The molecule has 1 aromatic heterocycles. The number of halogens is 3. The van der Waals surface area contributed by atoms with Crippen molar-refractivity contribution in [1.29, 1.82) is 0 Å². The summed E-state index contributed by atoms with van der Waals surface area (Å²) in [6.07, 6.45) is -2.55. The van der Waals surface area contributed by atoms with E-state index in [9.17, 15) is 27.9 Å². The summed E-state index contributed by atoms with van der Waals surface area (Å²) in [5.74, 6) is -3.44. The average molecular weight is 364 g/mol. The molecule has 0 bridgehead atoms. The summed E-state index contributed by atoms with van der Waals surface area (Å²) >= 11 is 0. The quantitative estimate of drug-likeness (QED) is 0.412. The maximum atomic E-state index is 12.7. The van der Waals surface area contributed by atoms with Crippen molar-refractivity contribution in [1.82, 2.24) is 0 Å². The van der Waals surface area contributed by atoms with Crippen molar-refractivity contribution in [3.05, 3.63) is 51.9 Å². The van der Waals surface area contributed by atoms with Gasteiger partial charge < -0.3 is 9.52 Å². The van der Waals surface area contributed by atoms with Gasteiger partial charge in [0, 0.05) is 5.39 Å². The zero-order chi connectivity index (χ0) is 19.1. The van der Waals surface area contributed by atoms with E-state index in [0.29, 0.717) is 10.8 Å². The van der Waals surface area contributed by atoms with Gasteiger partial charge in [0.15, 0.2) is 5.56 Å². The predicted octanol–water partition coefficient (Wildman–Crippen LogP) is 4.74. The van der Waals surface area contributed by atoms with E-state index in [4.69, 9.17) is 4.42 Å². The molecule has 7 heteroatoms. The van der Waals surface area contributed by atoms with E-state index in [1.54, 1.807) is 12.1 Å². The minimum absolute atomic E-state index is 0.0397. The third kappa shape index (κ3) is 3.05. The van der Waals surface area contributed by atoms with Crippen LogP contribution in [0.4, 0.5) is 13.2 Å². The molecule has 0 aliphatic heterocycles. The Labute approximate surface area is 145 Å². The van der Waals surface area contributed by atoms with Crippen LogP contribution in [-0.4, -0.2) is 17.1 Å². The molecule has 0 saturated carbocycles. The standard InChI is InChI=1S/C19H15F3O4/c1-2-3-4-10-5-6-11-7-8-12-15(23)14(17(24)19(20,21)22)18(25)26-16(12)13(11)9-10/h5-9,23H,2-4H2,1H3. The number of hydrogen-bond donors (Lipinski definition) is 1. The molecule has 1 N–H and O–H groups in total. The number of unbranched alkanes of at least 4 members (excludes halogenated alkanes) is 1. The lowest BCUT2D eigenvalue weighted by Gasteiger charge is -2.10. The van der Waals surface area contributed by atoms with Crippen LogP contribution in [0.15, 0.2) is 39.5 Å². The fourth-order valence-corrected chi connectivity index (χ4v) is 2.89. The van der Waals surface area contributed by atoms with E-state index in [1.807, 2.05) is 19.1 Å². The van der Waals surface area contributed by atoms with Gasteiger partial charge in [-0.25, -0.2) is 4.79 Å². The van der Waals surface area contributed by atoms with Crippen molar-refractivity contribution in [2.24, 2.45) is 0 Å². The van der Waals surface area contributed by atoms with Gasteiger partial charge in [-0.05, 0) is 35.9 Å². The molecule has 0 radical (unpaired) electrons. The second-order valence-corrected chi connectivity index (χ2v) is 6.04. The molecule has 0 amide bonds. The summed E-state index contributed by atoms with van der Waals surface area (Å²) in [5, 5.41) is 11.2. The van der Waals surface area contributed by atoms with Crippen LogP contribution in [0.25, 0.3) is 21.7 Å². The lowest BCUT2D eigenvalue weighted by Crippen LogP contribution is -2.28. The number of Topliss-reactive ketones (excluding diaryl/α,β-unsaturated/α-hetero) is 1. The summed E-state index contributed by atoms with van der Waals surface area (Å²) in [4.78, 5) is 23.4. The highest BCUT2D eigenvalue weighted by atomic mass is 19.4. The summed E-state index contributed by atoms with van der Waals surface area (Å²) in [6.45, 7) is 2.05. The van der Waals surface area contributed by atoms with Crippen molar-refractivity contribution in [3.8, 4) is 5.75 Å². The van der Waals surface area contributed by atoms with Gasteiger partial charge in [0.05, 0.1) is 5.39 Å². The van der Waals surface area contributed by atoms with E-state index in [0.717, 1.165) is 24.8 Å². The molecule has 0 aliphatic carbocycles. The SMILES string of the molecule is CCCCc1ccc2ccc3c(O)c(C(=O)C(F)(F)F)c(=O)oc3c2c1. The van der Waals surface area contributed by atoms with Gasteiger partial charge in [0.1, 0.15) is 11.3 Å². The van der Waals surface area contributed by atoms with Gasteiger partial charge in [0.2, 0.25) is 0 Å². The number of aryl methyl sites for hydroxylation is 1. The summed E-state index contributed by atoms with van der Waals surface area (Å²) in [5.41, 5.74) is -1.97. The van der Waals surface area contributed by atoms with Gasteiger partial charge >= 0.3 is 11.8 Å². The van der Waals surface area contributed by atoms with Crippen LogP contribution in [-0.2, 0) is 6.42 Å². The van der Waals surface area contributed by atoms with E-state index in [2.05, 4.69) is 0 Å². The number of rotatable bonds is 4. The van der Waals surface area contributed by atoms with E-state index < -0.39 is 28.9 Å². The highest BCUT2D eigenvalue weighted by Gasteiger charge is 2.43. The topological polar surface area (TPSA) is 67.5 Å². The number of carbonyl (C=O) groups excluding carboxylic acids is 1. The fraction of sp³-hybridized carbons (Fsp3) is 0.263. The number of alkyl halides is 3. The third-order valence-corrected chi connectivity index (χ3v) is 4.23. The maximum absolute atomic E-state index is 12.7. The van der Waals surface area contributed by atoms with Crippen molar-refractivity contribution >= 4 is 27.5 Å². The molecule has 0 spiro atoms. The molecule has 4 nitrogen and oxygen atoms in total. The maximum Gasteiger partial charge on any atom is 0.455 e. The summed E-state index contributed by atoms with van der Waals surface area (Å²) in [7, 11) is 0. The smallest absolute Gasteiger partial charge is 0.455 e. The molecule has 2 aromatic carbocycles. The molecule has 1 heterocycles. The van der Waals surface area contributed by atoms with Crippen LogP contribution in [0.1, 0.15) is 35.7 Å². The normalized spacial score (nSPS) is 12.0. The van der Waals surface area contributed by atoms with Gasteiger partial charge in [-0.15, -0.1) is 0 Å². The van der Waals surface area contributed by atoms with Crippen LogP contribution in [0, 0.1) is 0 Å². The molecule has 136 valence electrons. The molecule has 0 atom stereocenters. The van der Waals surface area contributed by atoms with Crippen molar-refractivity contribution in [2.45, 2.75) is 32.4 Å². The van der Waals surface area contributed by atoms with E-state index in [-0.39, 0.29) is 11.0 Å². The predicted molar refractivity (Wildman–Crippen MR) is 90.7 cm³/mol. The molecule has 0 unspecified atom stereocenters. The van der Waals surface area contributed by atoms with Crippen LogP contribution < -0.4 is 5.63 Å². The van der Waals surface area contributed by atoms with Crippen molar-refractivity contribution in [3.63, 3.8) is 0 Å². The Balaban J connectivity index is 2.29. The van der Waals surface area contributed by atoms with Crippen LogP contribution in [0.5, 0.6) is 5.75 Å². The van der Waals surface area contributed by atoms with Gasteiger partial charge in [0.25, 0.3) is 5.78 Å². The zero-order valence-corrected chi connectivity index (χ0v) is 13.8. The van der Waals surface area contributed by atoms with Crippen molar-refractivity contribution in [2.75, 3.05) is 0 Å². The monoisotopic (exact) mass is 364 g/mol. The summed E-state index contributed by atoms with van der Waals surface area (Å²) < 4.78 is 43.1. The lowest BCUT2D eigenvalue weighted by molar-refractivity contribution is -0.0888. The average Bonchev–Trinajstić information content (AvgIpc) is 2.58. The number of carbonyl (C=O) groups is 1. The first-order chi connectivity index (χ1) is 12.2. The lowest BCUT2D eigenvalue weighted by atomic mass is 10.00. The molecule has 3 rings (SSSR count). The highest BCUT2D eigenvalue weighted by molar-refractivity contribution is 6.11. The molecule has 0 fully saturated rings. The van der Waals surface area contributed by atoms with E-state index in [1.165, 1.54) is 6.07 Å². The molecule has 26 heavy (non-hydrogen) atoms. The Morgan fingerprint density at radius 3 is 2.50 bits per heavy atom. The largest absolute Gasteiger partial charge is 0.506 e. The number of aromatic hydroxyl groups is 1. The number of benzene rings is 2. The molecular formula is C19H15F3O4. The van der Waals surface area contributed by atoms with Crippen LogP contribution in [0.2, 0.25) is 0 Å². The first kappa shape index (κ1) is 18.0. The zero-order valence-electron chi connectivity index (χ0n) is 13.8. The van der Waals surface area contributed by atoms with Crippen LogP contribution in [0.3, 0.4) is 0 Å². The number of fused-ring (bicyclic) bond motifs is 3. The second kappa shape index (κ2) is 6.48. The third-order valence-electron chi connectivity index (χ3n) is 4.23. The van der Waals surface area contributed by atoms with Gasteiger partial charge in [-0.2, -0.15) is 13.2 Å². The van der Waals surface area contributed by atoms with Gasteiger partial charge in [-0.3, -0.25) is 4.79 Å². The first-order valence-electron chi connectivity index (χ1n) is 8.07. The Kier molecular flexibility index (Phi) is 4.48. The molecular weight excluding hydrogens is 349 g/mol. The Morgan fingerprint density at radius 2 is 1.85 bits per heavy atom. The Hall–Kier alpha value is -2.83. The molecule has 0 saturated heterocycles. The molecule has 3 aromatic rings. The Morgan fingerprint density at radius 1 is 1.15 bits per heavy atom. The molecule has 0 aliphatic rings. The number of ketones is 1. The minimum atomic E-state index is -5.29. The fourth-order valence-electron chi connectivity index (χ4n) is 2.89.